The Bertz CT molecular complexity index is 1490. The Morgan fingerprint density at radius 3 is 2.60 bits per heavy atom. The van der Waals surface area contributed by atoms with Gasteiger partial charge < -0.3 is 20.0 Å². The number of ether oxygens (including phenoxy) is 1. The fourth-order valence-corrected chi connectivity index (χ4v) is 7.21. The van der Waals surface area contributed by atoms with Gasteiger partial charge in [0.1, 0.15) is 11.2 Å². The number of hydrogen-bond donors (Lipinski definition) is 3. The lowest BCUT2D eigenvalue weighted by atomic mass is 9.82. The normalized spacial score (nSPS) is 20.4. The minimum atomic E-state index is -4.28. The van der Waals surface area contributed by atoms with Crippen molar-refractivity contribution in [3.05, 3.63) is 54.6 Å². The molecular weight excluding hydrogens is 470 g/mol. The fourth-order valence-electron chi connectivity index (χ4n) is 5.09. The number of nitrogens with one attached hydrogen (secondary N) is 3. The first-order chi connectivity index (χ1) is 16.9. The Labute approximate surface area is 201 Å². The van der Waals surface area contributed by atoms with E-state index < -0.39 is 26.7 Å². The summed E-state index contributed by atoms with van der Waals surface area (Å²) in [6, 6.07) is 9.69. The van der Waals surface area contributed by atoms with Gasteiger partial charge in [0.15, 0.2) is 5.82 Å². The molecule has 0 spiro atoms. The third kappa shape index (κ3) is 3.75. The fraction of sp³-hybridized carbons (Fsp3) is 0.333. The molecule has 0 bridgehead atoms. The molecule has 35 heavy (non-hydrogen) atoms. The van der Waals surface area contributed by atoms with E-state index in [0.29, 0.717) is 48.8 Å². The summed E-state index contributed by atoms with van der Waals surface area (Å²) < 4.78 is 34.6. The summed E-state index contributed by atoms with van der Waals surface area (Å²) in [5, 5.41) is 3.49. The second kappa shape index (κ2) is 8.81. The molecule has 3 N–H and O–H groups in total. The van der Waals surface area contributed by atoms with Gasteiger partial charge in [0.25, 0.3) is 4.93 Å². The van der Waals surface area contributed by atoms with Gasteiger partial charge in [0.05, 0.1) is 16.6 Å². The molecule has 4 aromatic rings. The van der Waals surface area contributed by atoms with Crippen LogP contribution in [0.25, 0.3) is 22.1 Å². The van der Waals surface area contributed by atoms with Crippen molar-refractivity contribution in [2.24, 2.45) is 5.92 Å². The van der Waals surface area contributed by atoms with Crippen molar-refractivity contribution in [3.63, 3.8) is 0 Å². The number of carbonyl (C=O) groups excluding carboxylic acids is 2. The number of pyridine rings is 1. The van der Waals surface area contributed by atoms with E-state index in [4.69, 9.17) is 9.72 Å². The summed E-state index contributed by atoms with van der Waals surface area (Å²) in [7, 11) is -4.28. The number of esters is 1. The molecule has 10 nitrogen and oxygen atoms in total. The molecule has 1 aliphatic rings. The van der Waals surface area contributed by atoms with E-state index in [0.717, 1.165) is 5.39 Å². The molecule has 0 aliphatic heterocycles. The number of amides is 1. The second-order valence-corrected chi connectivity index (χ2v) is 10.8. The third-order valence-corrected chi connectivity index (χ3v) is 8.98. The van der Waals surface area contributed by atoms with Gasteiger partial charge in [-0.2, -0.15) is 0 Å². The van der Waals surface area contributed by atoms with Gasteiger partial charge >= 0.3 is 5.97 Å². The number of benzene rings is 1. The molecule has 0 radical (unpaired) electrons. The van der Waals surface area contributed by atoms with Gasteiger partial charge in [0, 0.05) is 30.5 Å². The zero-order chi connectivity index (χ0) is 24.6. The highest BCUT2D eigenvalue weighted by Crippen LogP contribution is 2.48. The molecule has 0 saturated heterocycles. The minimum Gasteiger partial charge on any atom is -0.434 e. The van der Waals surface area contributed by atoms with Gasteiger partial charge in [-0.3, -0.25) is 9.59 Å². The van der Waals surface area contributed by atoms with Crippen LogP contribution in [0.5, 0.6) is 0 Å². The third-order valence-electron chi connectivity index (χ3n) is 6.68. The second-order valence-electron chi connectivity index (χ2n) is 8.76. The highest BCUT2D eigenvalue weighted by molar-refractivity contribution is 7.92. The van der Waals surface area contributed by atoms with Crippen LogP contribution in [-0.2, 0) is 29.1 Å². The Kier molecular flexibility index (Phi) is 5.79. The van der Waals surface area contributed by atoms with Crippen molar-refractivity contribution >= 4 is 44.3 Å². The summed E-state index contributed by atoms with van der Waals surface area (Å²) in [6.45, 7) is 1.20. The summed E-state index contributed by atoms with van der Waals surface area (Å²) in [6.07, 6.45) is 5.84. The van der Waals surface area contributed by atoms with E-state index in [-0.39, 0.29) is 16.8 Å². The highest BCUT2D eigenvalue weighted by Gasteiger charge is 2.58. The predicted octanol–water partition coefficient (Wildman–Crippen LogP) is 2.93. The molecule has 1 aromatic carbocycles. The monoisotopic (exact) mass is 495 g/mol. The lowest BCUT2D eigenvalue weighted by Gasteiger charge is -2.41. The topological polar surface area (TPSA) is 147 Å². The molecule has 3 heterocycles. The quantitative estimate of drug-likeness (QED) is 0.264. The molecule has 1 atom stereocenters. The van der Waals surface area contributed by atoms with Crippen LogP contribution in [0.4, 0.5) is 0 Å². The number of aromatic amines is 2. The van der Waals surface area contributed by atoms with Crippen molar-refractivity contribution in [3.8, 4) is 0 Å². The van der Waals surface area contributed by atoms with E-state index in [1.807, 2.05) is 6.07 Å². The number of hydrogen-bond acceptors (Lipinski definition) is 7. The molecule has 5 rings (SSSR count). The summed E-state index contributed by atoms with van der Waals surface area (Å²) in [5.41, 5.74) is 1.67. The van der Waals surface area contributed by atoms with Crippen LogP contribution in [0.15, 0.2) is 53.7 Å². The first kappa shape index (κ1) is 23.0. The number of aromatic nitrogens is 4. The van der Waals surface area contributed by atoms with Gasteiger partial charge in [-0.15, -0.1) is 0 Å². The highest BCUT2D eigenvalue weighted by atomic mass is 32.2. The maximum absolute atomic E-state index is 14.4. The van der Waals surface area contributed by atoms with Gasteiger partial charge in [-0.25, -0.2) is 18.4 Å². The van der Waals surface area contributed by atoms with Crippen molar-refractivity contribution in [2.45, 2.75) is 48.5 Å². The van der Waals surface area contributed by atoms with Gasteiger partial charge in [-0.05, 0) is 43.9 Å². The van der Waals surface area contributed by atoms with E-state index in [2.05, 4.69) is 20.3 Å². The Morgan fingerprint density at radius 1 is 1.17 bits per heavy atom. The molecular formula is C24H25N5O5S. The van der Waals surface area contributed by atoms with E-state index in [9.17, 15) is 18.0 Å². The number of H-pyrrole nitrogens is 2. The van der Waals surface area contributed by atoms with Crippen LogP contribution in [0, 0.1) is 5.92 Å². The van der Waals surface area contributed by atoms with Crippen LogP contribution < -0.4 is 5.32 Å². The molecule has 1 fully saturated rings. The molecule has 182 valence electrons. The standard InChI is InChI=1S/C24H25N5O5S/c1-15(31)34-24(16-7-9-17(10-8-16)27-14-30,35(32,33)18-5-3-2-4-6-18)23-28-20-13-26-22-19(11-12-25-22)21(20)29-23/h2-6,11-14,16-17H,7-10H2,1H3,(H,25,26)(H,27,30)(H,28,29). The SMILES string of the molecule is CC(=O)OC(c1nc2c(cnc3[nH]ccc32)[nH]1)(C1CCC(NC=O)CC1)S(=O)(=O)c1ccccc1. The van der Waals surface area contributed by atoms with E-state index >= 15 is 0 Å². The number of nitrogens with zero attached hydrogens (tertiary/aromatic N) is 2. The Balaban J connectivity index is 1.75. The lowest BCUT2D eigenvalue weighted by molar-refractivity contribution is -0.156. The Hall–Kier alpha value is -3.73. The molecule has 1 amide bonds. The van der Waals surface area contributed by atoms with Crippen molar-refractivity contribution in [1.82, 2.24) is 25.3 Å². The van der Waals surface area contributed by atoms with E-state index in [1.54, 1.807) is 30.6 Å². The number of carbonyl (C=O) groups is 2. The van der Waals surface area contributed by atoms with Crippen LogP contribution in [0.3, 0.4) is 0 Å². The first-order valence-corrected chi connectivity index (χ1v) is 12.9. The number of fused-ring (bicyclic) bond motifs is 3. The molecule has 1 aliphatic carbocycles. The number of sulfone groups is 1. The van der Waals surface area contributed by atoms with Crippen LogP contribution >= 0.6 is 0 Å². The van der Waals surface area contributed by atoms with Crippen LogP contribution in [-0.4, -0.2) is 46.8 Å². The smallest absolute Gasteiger partial charge is 0.304 e. The largest absolute Gasteiger partial charge is 0.434 e. The average molecular weight is 496 g/mol. The predicted molar refractivity (Wildman–Crippen MR) is 128 cm³/mol. The molecule has 1 saturated carbocycles. The molecule has 11 heteroatoms. The number of imidazole rings is 1. The van der Waals surface area contributed by atoms with E-state index in [1.165, 1.54) is 19.1 Å². The zero-order valence-electron chi connectivity index (χ0n) is 19.0. The van der Waals surface area contributed by atoms with Gasteiger partial charge in [0.2, 0.25) is 16.2 Å². The van der Waals surface area contributed by atoms with Crippen molar-refractivity contribution in [2.75, 3.05) is 0 Å². The summed E-state index contributed by atoms with van der Waals surface area (Å²) in [5.74, 6) is -1.30. The maximum atomic E-state index is 14.4. The molecule has 3 aromatic heterocycles. The first-order valence-electron chi connectivity index (χ1n) is 11.4. The minimum absolute atomic E-state index is 0.0276. The van der Waals surface area contributed by atoms with Crippen LogP contribution in [0.1, 0.15) is 38.4 Å². The lowest BCUT2D eigenvalue weighted by Crippen LogP contribution is -2.50. The van der Waals surface area contributed by atoms with Gasteiger partial charge in [-0.1, -0.05) is 18.2 Å². The average Bonchev–Trinajstić information content (AvgIpc) is 3.50. The number of rotatable bonds is 7. The van der Waals surface area contributed by atoms with Crippen molar-refractivity contribution in [1.29, 1.82) is 0 Å². The molecule has 1 unspecified atom stereocenters. The maximum Gasteiger partial charge on any atom is 0.304 e. The summed E-state index contributed by atoms with van der Waals surface area (Å²) in [4.78, 5) is 36.6. The van der Waals surface area contributed by atoms with Crippen LogP contribution in [0.2, 0.25) is 0 Å². The zero-order valence-corrected chi connectivity index (χ0v) is 19.8. The van der Waals surface area contributed by atoms with Crippen molar-refractivity contribution < 1.29 is 22.7 Å². The Morgan fingerprint density at radius 2 is 1.91 bits per heavy atom. The summed E-state index contributed by atoms with van der Waals surface area (Å²) >= 11 is 0.